The molecular weight excluding hydrogens is 766 g/mol. The van der Waals surface area contributed by atoms with Crippen molar-refractivity contribution in [1.82, 2.24) is 14.8 Å². The van der Waals surface area contributed by atoms with Crippen molar-refractivity contribution in [2.24, 2.45) is 17.8 Å². The summed E-state index contributed by atoms with van der Waals surface area (Å²) in [5.41, 5.74) is -1.02. The number of hydrogen-bond acceptors (Lipinski definition) is 11. The molecule has 13 nitrogen and oxygen atoms in total. The number of aliphatic hydroxyl groups excluding tert-OH is 3. The number of nitrogens with one attached hydrogen (secondary N) is 1. The van der Waals surface area contributed by atoms with Crippen LogP contribution in [0.4, 0.5) is 0 Å². The Morgan fingerprint density at radius 3 is 2.28 bits per heavy atom. The number of amides is 1. The molecule has 1 aliphatic rings. The number of unbranched alkanes of at least 4 members (excludes halogenated alkanes) is 1. The van der Waals surface area contributed by atoms with E-state index in [2.05, 4.69) is 5.32 Å². The first-order valence-electron chi connectivity index (χ1n) is 20.3. The lowest BCUT2D eigenvalue weighted by Crippen LogP contribution is -2.59. The van der Waals surface area contributed by atoms with Gasteiger partial charge in [-0.05, 0) is 121 Å². The van der Waals surface area contributed by atoms with E-state index in [4.69, 9.17) is 21.1 Å². The highest BCUT2D eigenvalue weighted by atomic mass is 35.5. The lowest BCUT2D eigenvalue weighted by Gasteiger charge is -2.43. The quantitative estimate of drug-likeness (QED) is 0.123. The number of nitrogens with zero attached hydrogens (tertiary/aromatic N) is 2. The largest absolute Gasteiger partial charge is 0.497 e. The van der Waals surface area contributed by atoms with Crippen molar-refractivity contribution < 1.29 is 49.4 Å². The molecule has 0 bridgehead atoms. The Hall–Kier alpha value is -3.56. The van der Waals surface area contributed by atoms with Crippen LogP contribution in [-0.2, 0) is 20.7 Å². The molecule has 0 radical (unpaired) electrons. The number of esters is 1. The van der Waals surface area contributed by atoms with Crippen LogP contribution in [0.25, 0.3) is 10.9 Å². The third-order valence-electron chi connectivity index (χ3n) is 12.1. The Morgan fingerprint density at radius 2 is 1.66 bits per heavy atom. The predicted molar refractivity (Wildman–Crippen MR) is 223 cm³/mol. The number of hydrogen-bond donors (Lipinski definition) is 6. The first kappa shape index (κ1) is 47.1. The van der Waals surface area contributed by atoms with Gasteiger partial charge in [0, 0.05) is 46.7 Å². The predicted octanol–water partition coefficient (Wildman–Crippen LogP) is 4.65. The van der Waals surface area contributed by atoms with Gasteiger partial charge in [0.15, 0.2) is 0 Å². The van der Waals surface area contributed by atoms with E-state index in [0.29, 0.717) is 65.6 Å². The van der Waals surface area contributed by atoms with Crippen LogP contribution in [0.2, 0.25) is 5.02 Å². The Labute approximate surface area is 347 Å². The molecule has 1 fully saturated rings. The smallest absolute Gasteiger partial charge is 0.311 e. The maximum absolute atomic E-state index is 13.7. The third-order valence-corrected chi connectivity index (χ3v) is 12.4. The topological polar surface area (TPSA) is 191 Å². The van der Waals surface area contributed by atoms with Crippen LogP contribution in [0.15, 0.2) is 42.5 Å². The third kappa shape index (κ3) is 10.6. The molecule has 4 rings (SSSR count). The summed E-state index contributed by atoms with van der Waals surface area (Å²) in [5, 5.41) is 61.3. The summed E-state index contributed by atoms with van der Waals surface area (Å²) < 4.78 is 12.8. The summed E-state index contributed by atoms with van der Waals surface area (Å²) >= 11 is 6.07. The van der Waals surface area contributed by atoms with E-state index in [0.717, 1.165) is 5.39 Å². The van der Waals surface area contributed by atoms with Crippen molar-refractivity contribution in [3.05, 3.63) is 64.3 Å². The summed E-state index contributed by atoms with van der Waals surface area (Å²) in [6, 6.07) is 11.4. The molecule has 2 aromatic carbocycles. The summed E-state index contributed by atoms with van der Waals surface area (Å²) in [6.45, 7) is 14.4. The number of cyclic esters (lactones) is 1. The number of fused-ring (bicyclic) bond motifs is 1. The zero-order valence-electron chi connectivity index (χ0n) is 35.4. The highest BCUT2D eigenvalue weighted by Crippen LogP contribution is 2.34. The van der Waals surface area contributed by atoms with Gasteiger partial charge in [-0.1, -0.05) is 32.4 Å². The van der Waals surface area contributed by atoms with E-state index in [9.17, 15) is 39.9 Å². The maximum atomic E-state index is 13.7. The number of methoxy groups -OCH3 is 1. The molecule has 0 aliphatic carbocycles. The molecule has 1 saturated heterocycles. The highest BCUT2D eigenvalue weighted by Gasteiger charge is 2.47. The van der Waals surface area contributed by atoms with Gasteiger partial charge in [0.1, 0.15) is 23.6 Å². The maximum Gasteiger partial charge on any atom is 0.311 e. The number of benzene rings is 2. The van der Waals surface area contributed by atoms with Gasteiger partial charge in [0.25, 0.3) is 5.91 Å². The molecule has 1 aliphatic heterocycles. The fourth-order valence-corrected chi connectivity index (χ4v) is 8.65. The lowest BCUT2D eigenvalue weighted by atomic mass is 9.78. The SMILES string of the molecule is CC[C@H]1OC(=O)[C@H](C)[C@@H](O)[C@H](C)[C@@H](O)[C@](C)(O)C[C@@H](C)CN(CCCCNC(=O)Cc2c(C)n(C(=O)c3ccc(Cl)cc3)c3ccc(OC)cc23)[C@H](C)[C@@H](O)[C@]1(C)O. The van der Waals surface area contributed by atoms with Crippen LogP contribution in [-0.4, -0.2) is 121 Å². The number of aromatic nitrogens is 1. The zero-order chi connectivity index (χ0) is 43.3. The molecule has 6 N–H and O–H groups in total. The molecule has 58 heavy (non-hydrogen) atoms. The van der Waals surface area contributed by atoms with Gasteiger partial charge in [0.05, 0.1) is 42.8 Å². The molecule has 0 spiro atoms. The highest BCUT2D eigenvalue weighted by molar-refractivity contribution is 6.30. The average molecular weight is 830 g/mol. The Morgan fingerprint density at radius 1 is 1.00 bits per heavy atom. The second kappa shape index (κ2) is 19.7. The van der Waals surface area contributed by atoms with E-state index in [1.165, 1.54) is 20.8 Å². The van der Waals surface area contributed by atoms with Crippen LogP contribution in [0.1, 0.15) is 95.8 Å². The fraction of sp³-hybridized carbons (Fsp3) is 0.614. The second-order valence-electron chi connectivity index (χ2n) is 16.8. The standard InChI is InChI=1S/C44H64ClN3O10/c1-10-36-44(8,56)40(52)29(6)47(24-25(2)23-43(7,55)39(51)26(3)38(50)27(4)42(54)58-36)20-12-11-19-46-37(49)22-33-28(5)48(35-18-17-32(57-9)21-34(33)35)41(53)30-13-15-31(45)16-14-30/h13-18,21,25-27,29,36,38-40,50-52,55-56H,10-12,19-20,22-24H2,1-9H3,(H,46,49)/t25-,26+,27-,29-,36-,38+,39-,40-,43-,44-/m1/s1. The van der Waals surface area contributed by atoms with E-state index in [1.54, 1.807) is 68.8 Å². The molecule has 1 aromatic heterocycles. The van der Waals surface area contributed by atoms with Crippen LogP contribution >= 0.6 is 11.6 Å². The van der Waals surface area contributed by atoms with Gasteiger partial charge in [-0.2, -0.15) is 0 Å². The molecular formula is C44H64ClN3O10. The van der Waals surface area contributed by atoms with E-state index >= 15 is 0 Å². The number of rotatable bonds is 10. The Kier molecular flexibility index (Phi) is 16.0. The first-order valence-corrected chi connectivity index (χ1v) is 20.7. The number of halogens is 1. The molecule has 10 atom stereocenters. The van der Waals surface area contributed by atoms with Gasteiger partial charge in [-0.3, -0.25) is 23.9 Å². The Balaban J connectivity index is 1.49. The summed E-state index contributed by atoms with van der Waals surface area (Å²) in [5.74, 6) is -2.81. The molecule has 14 heteroatoms. The monoisotopic (exact) mass is 829 g/mol. The summed E-state index contributed by atoms with van der Waals surface area (Å²) in [6.07, 6.45) is -3.59. The van der Waals surface area contributed by atoms with Crippen LogP contribution < -0.4 is 10.1 Å². The normalized spacial score (nSPS) is 30.6. The van der Waals surface area contributed by atoms with Crippen molar-refractivity contribution in [2.75, 3.05) is 26.7 Å². The summed E-state index contributed by atoms with van der Waals surface area (Å²) in [4.78, 5) is 42.3. The molecule has 2 heterocycles. The first-order chi connectivity index (χ1) is 27.2. The minimum absolute atomic E-state index is 0.0295. The molecule has 3 aromatic rings. The van der Waals surface area contributed by atoms with Gasteiger partial charge < -0.3 is 40.3 Å². The molecule has 322 valence electrons. The molecule has 1 amide bonds. The minimum atomic E-state index is -1.86. The van der Waals surface area contributed by atoms with Crippen molar-refractivity contribution in [3.8, 4) is 5.75 Å². The molecule has 0 saturated carbocycles. The van der Waals surface area contributed by atoms with Crippen molar-refractivity contribution in [1.29, 1.82) is 0 Å². The van der Waals surface area contributed by atoms with Gasteiger partial charge in [-0.25, -0.2) is 0 Å². The average Bonchev–Trinajstić information content (AvgIpc) is 3.45. The molecule has 0 unspecified atom stereocenters. The van der Waals surface area contributed by atoms with Gasteiger partial charge in [-0.15, -0.1) is 0 Å². The number of ether oxygens (including phenoxy) is 2. The minimum Gasteiger partial charge on any atom is -0.497 e. The van der Waals surface area contributed by atoms with Crippen molar-refractivity contribution in [3.63, 3.8) is 0 Å². The van der Waals surface area contributed by atoms with E-state index in [-0.39, 0.29) is 37.0 Å². The zero-order valence-corrected chi connectivity index (χ0v) is 36.1. The van der Waals surface area contributed by atoms with Crippen molar-refractivity contribution >= 4 is 40.3 Å². The second-order valence-corrected chi connectivity index (χ2v) is 17.3. The number of aliphatic hydroxyl groups is 5. The van der Waals surface area contributed by atoms with Crippen LogP contribution in [0, 0.1) is 24.7 Å². The van der Waals surface area contributed by atoms with Gasteiger partial charge >= 0.3 is 5.97 Å². The van der Waals surface area contributed by atoms with Gasteiger partial charge in [0.2, 0.25) is 5.91 Å². The van der Waals surface area contributed by atoms with E-state index < -0.39 is 59.5 Å². The summed E-state index contributed by atoms with van der Waals surface area (Å²) in [7, 11) is 1.56. The fourth-order valence-electron chi connectivity index (χ4n) is 8.53. The van der Waals surface area contributed by atoms with Crippen LogP contribution in [0.3, 0.4) is 0 Å². The number of carbonyl (C=O) groups excluding carboxylic acids is 3. The van der Waals surface area contributed by atoms with E-state index in [1.807, 2.05) is 24.8 Å². The van der Waals surface area contributed by atoms with Crippen LogP contribution in [0.5, 0.6) is 5.75 Å². The lowest BCUT2D eigenvalue weighted by molar-refractivity contribution is -0.193. The number of carbonyl (C=O) groups is 3. The Bertz CT molecular complexity index is 1880. The van der Waals surface area contributed by atoms with Crippen molar-refractivity contribution in [2.45, 2.75) is 129 Å².